The molecule has 0 saturated heterocycles. The van der Waals surface area contributed by atoms with Crippen LogP contribution in [-0.2, 0) is 11.2 Å². The van der Waals surface area contributed by atoms with Gasteiger partial charge in [-0.2, -0.15) is 0 Å². The van der Waals surface area contributed by atoms with E-state index < -0.39 is 22.9 Å². The van der Waals surface area contributed by atoms with Crippen molar-refractivity contribution in [1.82, 2.24) is 0 Å². The molecule has 1 amide bonds. The largest absolute Gasteiger partial charge is 0.606 e. The van der Waals surface area contributed by atoms with E-state index in [1.807, 2.05) is 0 Å². The van der Waals surface area contributed by atoms with E-state index in [1.54, 1.807) is 7.05 Å². The van der Waals surface area contributed by atoms with Crippen LogP contribution < -0.4 is 11.1 Å². The third-order valence-electron chi connectivity index (χ3n) is 2.53. The summed E-state index contributed by atoms with van der Waals surface area (Å²) in [4.78, 5) is 11.4. The number of carbonyl (C=O) groups is 1. The molecule has 9 heteroatoms. The Hall–Kier alpha value is -0.990. The number of hydrogen-bond acceptors (Lipinski definition) is 4. The molecule has 1 aromatic carbocycles. The van der Waals surface area contributed by atoms with Gasteiger partial charge in [0.15, 0.2) is 4.90 Å². The second-order valence-corrected chi connectivity index (χ2v) is 7.40. The highest BCUT2D eigenvalue weighted by molar-refractivity contribution is 7.93. The highest BCUT2D eigenvalue weighted by Crippen LogP contribution is 2.39. The summed E-state index contributed by atoms with van der Waals surface area (Å²) in [5.41, 5.74) is 5.47. The van der Waals surface area contributed by atoms with Gasteiger partial charge in [0.2, 0.25) is 4.21 Å². The Morgan fingerprint density at radius 1 is 1.38 bits per heavy atom. The highest BCUT2D eigenvalue weighted by atomic mass is 35.5. The zero-order valence-electron chi connectivity index (χ0n) is 10.6. The Bertz CT molecular complexity index is 686. The molecule has 2 rings (SSSR count). The molecule has 0 aliphatic heterocycles. The molecule has 3 N–H and O–H groups in total. The van der Waals surface area contributed by atoms with Gasteiger partial charge in [0.1, 0.15) is 20.9 Å². The minimum atomic E-state index is -1.75. The number of thiophene rings is 1. The molecule has 0 aliphatic rings. The fourth-order valence-corrected chi connectivity index (χ4v) is 4.97. The van der Waals surface area contributed by atoms with Crippen molar-refractivity contribution in [2.24, 2.45) is 5.73 Å². The van der Waals surface area contributed by atoms with E-state index in [2.05, 4.69) is 5.32 Å². The third kappa shape index (κ3) is 3.27. The molecule has 1 heterocycles. The van der Waals surface area contributed by atoms with E-state index in [9.17, 15) is 13.7 Å². The van der Waals surface area contributed by atoms with E-state index in [0.29, 0.717) is 9.21 Å². The summed E-state index contributed by atoms with van der Waals surface area (Å²) >= 11 is 11.1. The molecule has 0 aliphatic carbocycles. The summed E-state index contributed by atoms with van der Waals surface area (Å²) in [6.07, 6.45) is 0. The minimum absolute atomic E-state index is 0.0432. The number of amides is 1. The summed E-state index contributed by atoms with van der Waals surface area (Å²) in [6, 6.07) is 3.47. The summed E-state index contributed by atoms with van der Waals surface area (Å²) in [7, 11) is 1.61. The zero-order chi connectivity index (χ0) is 15.7. The van der Waals surface area contributed by atoms with Crippen molar-refractivity contribution >= 4 is 56.6 Å². The van der Waals surface area contributed by atoms with Crippen LogP contribution in [0.5, 0.6) is 0 Å². The molecule has 1 aromatic heterocycles. The predicted molar refractivity (Wildman–Crippen MR) is 83.5 cm³/mol. The lowest BCUT2D eigenvalue weighted by molar-refractivity contribution is 0.100. The maximum absolute atomic E-state index is 13.2. The molecule has 0 radical (unpaired) electrons. The average Bonchev–Trinajstić information content (AvgIpc) is 2.81. The van der Waals surface area contributed by atoms with Gasteiger partial charge in [-0.05, 0) is 12.1 Å². The molecule has 0 spiro atoms. The molecule has 1 unspecified atom stereocenters. The van der Waals surface area contributed by atoms with Gasteiger partial charge in [0.05, 0.1) is 5.56 Å². The van der Waals surface area contributed by atoms with E-state index in [1.165, 1.54) is 6.07 Å². The fourth-order valence-electron chi connectivity index (χ4n) is 1.64. The first kappa shape index (κ1) is 16.4. The van der Waals surface area contributed by atoms with E-state index >= 15 is 0 Å². The van der Waals surface area contributed by atoms with Gasteiger partial charge in [-0.1, -0.05) is 34.5 Å². The van der Waals surface area contributed by atoms with Crippen LogP contribution in [-0.4, -0.2) is 17.5 Å². The van der Waals surface area contributed by atoms with Crippen molar-refractivity contribution in [2.75, 3.05) is 12.4 Å². The summed E-state index contributed by atoms with van der Waals surface area (Å²) in [6.45, 7) is 0. The van der Waals surface area contributed by atoms with Crippen LogP contribution in [0.4, 0.5) is 9.39 Å². The van der Waals surface area contributed by atoms with Gasteiger partial charge < -0.3 is 15.6 Å². The lowest BCUT2D eigenvalue weighted by Crippen LogP contribution is -2.11. The van der Waals surface area contributed by atoms with E-state index in [0.717, 1.165) is 23.5 Å². The van der Waals surface area contributed by atoms with Gasteiger partial charge in [-0.3, -0.25) is 4.79 Å². The van der Waals surface area contributed by atoms with Crippen molar-refractivity contribution in [1.29, 1.82) is 0 Å². The maximum atomic E-state index is 13.2. The molecule has 2 aromatic rings. The normalized spacial score (nSPS) is 12.2. The molecule has 4 nitrogen and oxygen atoms in total. The smallest absolute Gasteiger partial charge is 0.251 e. The first-order valence-corrected chi connectivity index (χ1v) is 8.25. The Labute approximate surface area is 137 Å². The van der Waals surface area contributed by atoms with Crippen molar-refractivity contribution in [2.45, 2.75) is 9.10 Å². The second kappa shape index (κ2) is 6.41. The Balaban J connectivity index is 2.50. The number of halogens is 3. The quantitative estimate of drug-likeness (QED) is 0.812. The molecule has 0 saturated carbocycles. The number of rotatable bonds is 4. The van der Waals surface area contributed by atoms with Gasteiger partial charge in [-0.15, -0.1) is 0 Å². The zero-order valence-corrected chi connectivity index (χ0v) is 13.7. The number of anilines is 1. The SMILES string of the molecule is CNc1sc([S+]([O-])c2c(Cl)cc(F)cc2Cl)cc1C(N)=O. The topological polar surface area (TPSA) is 78.2 Å². The number of nitrogens with one attached hydrogen (secondary N) is 1. The van der Waals surface area contributed by atoms with Crippen LogP contribution in [0.25, 0.3) is 0 Å². The number of hydrogen-bond donors (Lipinski definition) is 2. The predicted octanol–water partition coefficient (Wildman–Crippen LogP) is 3.50. The maximum Gasteiger partial charge on any atom is 0.251 e. The minimum Gasteiger partial charge on any atom is -0.606 e. The van der Waals surface area contributed by atoms with Crippen LogP contribution in [0, 0.1) is 5.82 Å². The summed E-state index contributed by atoms with van der Waals surface area (Å²) in [5.74, 6) is -1.26. The molecule has 112 valence electrons. The Kier molecular flexibility index (Phi) is 5.00. The number of primary amides is 1. The molecule has 1 atom stereocenters. The van der Waals surface area contributed by atoms with Gasteiger partial charge in [0, 0.05) is 24.3 Å². The van der Waals surface area contributed by atoms with Gasteiger partial charge in [0.25, 0.3) is 5.91 Å². The van der Waals surface area contributed by atoms with Crippen molar-refractivity contribution in [3.05, 3.63) is 39.6 Å². The molecular weight excluding hydrogens is 358 g/mol. The first-order valence-electron chi connectivity index (χ1n) is 5.52. The molecule has 0 bridgehead atoms. The molecule has 21 heavy (non-hydrogen) atoms. The Morgan fingerprint density at radius 2 is 1.95 bits per heavy atom. The molecule has 0 fully saturated rings. The lowest BCUT2D eigenvalue weighted by atomic mass is 10.3. The lowest BCUT2D eigenvalue weighted by Gasteiger charge is -2.10. The number of nitrogens with two attached hydrogens (primary N) is 1. The second-order valence-electron chi connectivity index (χ2n) is 3.89. The van der Waals surface area contributed by atoms with E-state index in [-0.39, 0.29) is 20.5 Å². The fraction of sp³-hybridized carbons (Fsp3) is 0.0833. The standard InChI is InChI=1S/C12H9Cl2FN2O2S2/c1-17-12-6(11(16)18)4-9(20-12)21(19)10-7(13)2-5(15)3-8(10)14/h2-4,17H,1H3,(H2,16,18). The van der Waals surface area contributed by atoms with Crippen LogP contribution >= 0.6 is 34.5 Å². The number of carbonyl (C=O) groups excluding carboxylic acids is 1. The summed E-state index contributed by atoms with van der Waals surface area (Å²) < 4.78 is 26.1. The highest BCUT2D eigenvalue weighted by Gasteiger charge is 2.27. The van der Waals surface area contributed by atoms with Crippen LogP contribution in [0.15, 0.2) is 27.3 Å². The van der Waals surface area contributed by atoms with E-state index in [4.69, 9.17) is 28.9 Å². The van der Waals surface area contributed by atoms with Gasteiger partial charge >= 0.3 is 0 Å². The van der Waals surface area contributed by atoms with Crippen LogP contribution in [0.1, 0.15) is 10.4 Å². The first-order chi connectivity index (χ1) is 9.85. The average molecular weight is 367 g/mol. The third-order valence-corrected chi connectivity index (χ3v) is 6.30. The van der Waals surface area contributed by atoms with Crippen LogP contribution in [0.2, 0.25) is 10.0 Å². The molecular formula is C12H9Cl2FN2O2S2. The Morgan fingerprint density at radius 3 is 2.38 bits per heavy atom. The van der Waals surface area contributed by atoms with Crippen molar-refractivity contribution in [3.8, 4) is 0 Å². The monoisotopic (exact) mass is 366 g/mol. The van der Waals surface area contributed by atoms with Crippen molar-refractivity contribution < 1.29 is 13.7 Å². The van der Waals surface area contributed by atoms with Crippen molar-refractivity contribution in [3.63, 3.8) is 0 Å². The summed E-state index contributed by atoms with van der Waals surface area (Å²) in [5, 5.41) is 3.20. The van der Waals surface area contributed by atoms with Crippen LogP contribution in [0.3, 0.4) is 0 Å². The number of benzene rings is 1. The van der Waals surface area contributed by atoms with Gasteiger partial charge in [-0.25, -0.2) is 4.39 Å².